The van der Waals surface area contributed by atoms with E-state index in [1.54, 1.807) is 19.2 Å². The molecule has 0 atom stereocenters. The summed E-state index contributed by atoms with van der Waals surface area (Å²) in [4.78, 5) is 31.4. The van der Waals surface area contributed by atoms with Crippen molar-refractivity contribution in [2.75, 3.05) is 20.3 Å². The molecule has 1 aromatic rings. The van der Waals surface area contributed by atoms with Gasteiger partial charge in [0.1, 0.15) is 5.75 Å². The van der Waals surface area contributed by atoms with E-state index in [2.05, 4.69) is 14.8 Å². The molecule has 0 unspecified atom stereocenters. The molecule has 0 aliphatic rings. The van der Waals surface area contributed by atoms with Gasteiger partial charge in [-0.05, 0) is 45.0 Å². The standard InChI is InChI=1S/C16H22O8/c1-5-20-13-8-6-12(7-9-13)14(17)22-24-23-15(18)21-11-10-16(2,3)19-4/h6-9H,5,10-11H2,1-4H3. The third kappa shape index (κ3) is 7.30. The fourth-order valence-corrected chi connectivity index (χ4v) is 1.48. The first-order valence-electron chi connectivity index (χ1n) is 7.38. The monoisotopic (exact) mass is 342 g/mol. The summed E-state index contributed by atoms with van der Waals surface area (Å²) in [6.45, 7) is 6.12. The largest absolute Gasteiger partial charge is 0.543 e. The third-order valence-corrected chi connectivity index (χ3v) is 3.09. The minimum Gasteiger partial charge on any atom is -0.494 e. The minimum absolute atomic E-state index is 0.0653. The van der Waals surface area contributed by atoms with Crippen LogP contribution in [0.3, 0.4) is 0 Å². The van der Waals surface area contributed by atoms with Crippen molar-refractivity contribution >= 4 is 12.1 Å². The summed E-state index contributed by atoms with van der Waals surface area (Å²) >= 11 is 0. The molecule has 0 fully saturated rings. The fraction of sp³-hybridized carbons (Fsp3) is 0.500. The summed E-state index contributed by atoms with van der Waals surface area (Å²) in [5.41, 5.74) is -0.224. The van der Waals surface area contributed by atoms with Crippen LogP contribution in [-0.4, -0.2) is 38.0 Å². The summed E-state index contributed by atoms with van der Waals surface area (Å²) in [5, 5.41) is 4.11. The van der Waals surface area contributed by atoms with Crippen molar-refractivity contribution in [1.82, 2.24) is 0 Å². The van der Waals surface area contributed by atoms with E-state index in [4.69, 9.17) is 14.2 Å². The molecule has 0 spiro atoms. The van der Waals surface area contributed by atoms with Gasteiger partial charge in [-0.15, -0.1) is 0 Å². The van der Waals surface area contributed by atoms with Crippen LogP contribution >= 0.6 is 0 Å². The smallest absolute Gasteiger partial charge is 0.494 e. The molecule has 0 bridgehead atoms. The molecule has 134 valence electrons. The van der Waals surface area contributed by atoms with E-state index < -0.39 is 17.7 Å². The van der Waals surface area contributed by atoms with E-state index in [-0.39, 0.29) is 12.2 Å². The van der Waals surface area contributed by atoms with Crippen LogP contribution in [-0.2, 0) is 24.3 Å². The lowest BCUT2D eigenvalue weighted by Gasteiger charge is -2.21. The molecule has 8 nitrogen and oxygen atoms in total. The van der Waals surface area contributed by atoms with Crippen molar-refractivity contribution in [3.05, 3.63) is 29.8 Å². The van der Waals surface area contributed by atoms with E-state index in [1.807, 2.05) is 20.8 Å². The second kappa shape index (κ2) is 9.74. The highest BCUT2D eigenvalue weighted by Crippen LogP contribution is 2.14. The van der Waals surface area contributed by atoms with Gasteiger partial charge in [0.05, 0.1) is 29.4 Å². The van der Waals surface area contributed by atoms with E-state index in [1.165, 1.54) is 12.1 Å². The molecule has 24 heavy (non-hydrogen) atoms. The zero-order valence-corrected chi connectivity index (χ0v) is 14.2. The molecule has 0 amide bonds. The number of ether oxygens (including phenoxy) is 3. The number of carbonyl (C=O) groups is 2. The number of carbonyl (C=O) groups excluding carboxylic acids is 2. The number of benzene rings is 1. The highest BCUT2D eigenvalue weighted by Gasteiger charge is 2.18. The predicted molar refractivity (Wildman–Crippen MR) is 82.2 cm³/mol. The van der Waals surface area contributed by atoms with Crippen molar-refractivity contribution in [3.63, 3.8) is 0 Å². The Labute approximate surface area is 140 Å². The Morgan fingerprint density at radius 1 is 1.08 bits per heavy atom. The lowest BCUT2D eigenvalue weighted by Crippen LogP contribution is -2.25. The Hall–Kier alpha value is -2.32. The van der Waals surface area contributed by atoms with Gasteiger partial charge >= 0.3 is 12.1 Å². The van der Waals surface area contributed by atoms with Crippen LogP contribution in [0.5, 0.6) is 5.75 Å². The second-order valence-electron chi connectivity index (χ2n) is 5.29. The second-order valence-corrected chi connectivity index (χ2v) is 5.29. The Morgan fingerprint density at radius 2 is 1.75 bits per heavy atom. The van der Waals surface area contributed by atoms with Crippen molar-refractivity contribution in [1.29, 1.82) is 0 Å². The number of rotatable bonds is 9. The molecule has 0 aliphatic carbocycles. The van der Waals surface area contributed by atoms with Crippen LogP contribution in [0.25, 0.3) is 0 Å². The van der Waals surface area contributed by atoms with Crippen molar-refractivity contribution in [3.8, 4) is 5.75 Å². The van der Waals surface area contributed by atoms with Gasteiger partial charge in [0, 0.05) is 13.5 Å². The van der Waals surface area contributed by atoms with Gasteiger partial charge in [0.25, 0.3) is 0 Å². The van der Waals surface area contributed by atoms with Gasteiger partial charge in [-0.2, -0.15) is 0 Å². The van der Waals surface area contributed by atoms with Crippen LogP contribution in [0.2, 0.25) is 0 Å². The van der Waals surface area contributed by atoms with Gasteiger partial charge in [0.15, 0.2) is 0 Å². The molecule has 8 heteroatoms. The Bertz CT molecular complexity index is 523. The maximum atomic E-state index is 11.6. The minimum atomic E-state index is -1.12. The molecule has 0 saturated carbocycles. The first-order chi connectivity index (χ1) is 11.4. The average Bonchev–Trinajstić information content (AvgIpc) is 2.55. The van der Waals surface area contributed by atoms with Crippen LogP contribution in [0, 0.1) is 0 Å². The lowest BCUT2D eigenvalue weighted by atomic mass is 10.1. The predicted octanol–water partition coefficient (Wildman–Crippen LogP) is 3.06. The van der Waals surface area contributed by atoms with Crippen molar-refractivity contribution in [2.24, 2.45) is 0 Å². The van der Waals surface area contributed by atoms with E-state index in [0.717, 1.165) is 0 Å². The molecule has 0 radical (unpaired) electrons. The molecule has 0 aromatic heterocycles. The SMILES string of the molecule is CCOc1ccc(C(=O)OOOC(=O)OCCC(C)(C)OC)cc1. The fourth-order valence-electron chi connectivity index (χ4n) is 1.48. The van der Waals surface area contributed by atoms with Gasteiger partial charge in [-0.3, -0.25) is 4.89 Å². The number of methoxy groups -OCH3 is 1. The first kappa shape index (κ1) is 19.7. The lowest BCUT2D eigenvalue weighted by molar-refractivity contribution is -0.452. The van der Waals surface area contributed by atoms with Crippen molar-refractivity contribution in [2.45, 2.75) is 32.8 Å². The number of hydrogen-bond acceptors (Lipinski definition) is 8. The molecule has 1 aromatic carbocycles. The summed E-state index contributed by atoms with van der Waals surface area (Å²) in [6.07, 6.45) is -0.661. The molecular formula is C16H22O8. The highest BCUT2D eigenvalue weighted by molar-refractivity contribution is 5.89. The van der Waals surface area contributed by atoms with Gasteiger partial charge in [0.2, 0.25) is 0 Å². The molecule has 0 N–H and O–H groups in total. The zero-order valence-electron chi connectivity index (χ0n) is 14.2. The van der Waals surface area contributed by atoms with E-state index in [0.29, 0.717) is 18.8 Å². The summed E-state index contributed by atoms with van der Waals surface area (Å²) < 4.78 is 15.1. The Kier molecular flexibility index (Phi) is 8.00. The normalized spacial score (nSPS) is 10.8. The topological polar surface area (TPSA) is 89.5 Å². The molecule has 0 aliphatic heterocycles. The molecule has 0 heterocycles. The first-order valence-corrected chi connectivity index (χ1v) is 7.38. The summed E-state index contributed by atoms with van der Waals surface area (Å²) in [5.74, 6) is -0.208. The van der Waals surface area contributed by atoms with Gasteiger partial charge < -0.3 is 14.2 Å². The summed E-state index contributed by atoms with van der Waals surface area (Å²) in [6, 6.07) is 6.18. The van der Waals surface area contributed by atoms with Crippen LogP contribution in [0.4, 0.5) is 4.79 Å². The van der Waals surface area contributed by atoms with Crippen LogP contribution in [0.15, 0.2) is 24.3 Å². The average molecular weight is 342 g/mol. The van der Waals surface area contributed by atoms with Gasteiger partial charge in [-0.1, -0.05) is 0 Å². The maximum Gasteiger partial charge on any atom is 0.543 e. The van der Waals surface area contributed by atoms with Gasteiger partial charge in [-0.25, -0.2) is 14.5 Å². The number of hydrogen-bond donors (Lipinski definition) is 0. The molecular weight excluding hydrogens is 320 g/mol. The van der Waals surface area contributed by atoms with E-state index in [9.17, 15) is 9.59 Å². The van der Waals surface area contributed by atoms with Crippen LogP contribution < -0.4 is 4.74 Å². The van der Waals surface area contributed by atoms with E-state index >= 15 is 0 Å². The zero-order chi connectivity index (χ0) is 18.0. The Balaban J connectivity index is 2.26. The molecule has 1 rings (SSSR count). The third-order valence-electron chi connectivity index (χ3n) is 3.09. The van der Waals surface area contributed by atoms with Crippen LogP contribution in [0.1, 0.15) is 37.6 Å². The summed E-state index contributed by atoms with van der Waals surface area (Å²) in [7, 11) is 1.56. The highest BCUT2D eigenvalue weighted by atomic mass is 17.5. The quantitative estimate of drug-likeness (QED) is 0.384. The maximum absolute atomic E-state index is 11.6. The van der Waals surface area contributed by atoms with Crippen molar-refractivity contribution < 1.29 is 38.6 Å². The Morgan fingerprint density at radius 3 is 2.33 bits per heavy atom. The molecule has 0 saturated heterocycles.